The Morgan fingerprint density at radius 3 is 2.59 bits per heavy atom. The Morgan fingerprint density at radius 1 is 1.16 bits per heavy atom. The van der Waals surface area contributed by atoms with E-state index in [4.69, 9.17) is 4.98 Å². The summed E-state index contributed by atoms with van der Waals surface area (Å²) >= 11 is 3.44. The van der Waals surface area contributed by atoms with Crippen LogP contribution in [0.1, 0.15) is 35.2 Å². The molecule has 0 unspecified atom stereocenters. The van der Waals surface area contributed by atoms with Gasteiger partial charge in [0.1, 0.15) is 17.4 Å². The molecule has 1 aliphatic heterocycles. The van der Waals surface area contributed by atoms with E-state index in [1.54, 1.807) is 6.07 Å². The van der Waals surface area contributed by atoms with Crippen molar-refractivity contribution >= 4 is 44.2 Å². The Bertz CT molecular complexity index is 1170. The van der Waals surface area contributed by atoms with Crippen molar-refractivity contribution in [3.63, 3.8) is 0 Å². The molecule has 5 nitrogen and oxygen atoms in total. The van der Waals surface area contributed by atoms with Gasteiger partial charge in [-0.2, -0.15) is 8.78 Å². The number of amides is 1. The van der Waals surface area contributed by atoms with E-state index >= 15 is 0 Å². The number of hydrogen-bond acceptors (Lipinski definition) is 4. The number of hydrogen-bond donors (Lipinski definition) is 1. The van der Waals surface area contributed by atoms with Crippen LogP contribution in [-0.4, -0.2) is 30.6 Å². The van der Waals surface area contributed by atoms with Crippen LogP contribution in [0, 0.1) is 12.7 Å². The van der Waals surface area contributed by atoms with Crippen molar-refractivity contribution in [2.24, 2.45) is 0 Å². The third kappa shape index (κ3) is 4.67. The first-order chi connectivity index (χ1) is 15.3. The number of aromatic nitrogens is 1. The molecule has 0 aliphatic carbocycles. The Hall–Kier alpha value is -2.81. The first kappa shape index (κ1) is 22.4. The number of benzene rings is 2. The summed E-state index contributed by atoms with van der Waals surface area (Å²) in [6.45, 7) is 0.489. The lowest BCUT2D eigenvalue weighted by Gasteiger charge is -2.30. The van der Waals surface area contributed by atoms with E-state index in [-0.39, 0.29) is 11.4 Å². The van der Waals surface area contributed by atoms with Crippen molar-refractivity contribution in [2.45, 2.75) is 32.8 Å². The molecule has 4 rings (SSSR count). The van der Waals surface area contributed by atoms with Crippen molar-refractivity contribution in [1.29, 1.82) is 0 Å². The summed E-state index contributed by atoms with van der Waals surface area (Å²) in [6.07, 6.45) is 3.27. The monoisotopic (exact) mass is 507 g/mol. The van der Waals surface area contributed by atoms with Crippen molar-refractivity contribution in [3.05, 3.63) is 57.8 Å². The van der Waals surface area contributed by atoms with Crippen LogP contribution in [0.2, 0.25) is 0 Å². The summed E-state index contributed by atoms with van der Waals surface area (Å²) in [5, 5.41) is 3.20. The van der Waals surface area contributed by atoms with Crippen LogP contribution in [-0.2, 0) is 0 Å². The predicted molar refractivity (Wildman–Crippen MR) is 121 cm³/mol. The van der Waals surface area contributed by atoms with Gasteiger partial charge in [-0.25, -0.2) is 9.37 Å². The van der Waals surface area contributed by atoms with E-state index in [2.05, 4.69) is 30.9 Å². The molecule has 0 atom stereocenters. The summed E-state index contributed by atoms with van der Waals surface area (Å²) < 4.78 is 44.2. The van der Waals surface area contributed by atoms with Crippen LogP contribution in [0.4, 0.5) is 24.7 Å². The molecule has 1 aliphatic rings. The highest BCUT2D eigenvalue weighted by atomic mass is 79.9. The quantitative estimate of drug-likeness (QED) is 0.440. The molecule has 2 heterocycles. The smallest absolute Gasteiger partial charge is 0.387 e. The first-order valence-corrected chi connectivity index (χ1v) is 11.0. The zero-order valence-electron chi connectivity index (χ0n) is 17.3. The molecular weight excluding hydrogens is 487 g/mol. The molecule has 9 heteroatoms. The topological polar surface area (TPSA) is 54.5 Å². The van der Waals surface area contributed by atoms with Crippen LogP contribution >= 0.6 is 15.9 Å². The molecule has 0 spiro atoms. The molecule has 0 radical (unpaired) electrons. The number of alkyl halides is 2. The van der Waals surface area contributed by atoms with E-state index in [9.17, 15) is 18.0 Å². The first-order valence-electron chi connectivity index (χ1n) is 10.2. The Labute approximate surface area is 191 Å². The van der Waals surface area contributed by atoms with Gasteiger partial charge in [-0.3, -0.25) is 4.79 Å². The second kappa shape index (κ2) is 9.36. The lowest BCUT2D eigenvalue weighted by molar-refractivity contribution is -0.0499. The van der Waals surface area contributed by atoms with Crippen molar-refractivity contribution in [2.75, 3.05) is 23.3 Å². The van der Waals surface area contributed by atoms with Crippen LogP contribution in [0.15, 0.2) is 40.9 Å². The zero-order chi connectivity index (χ0) is 22.8. The average Bonchev–Trinajstić information content (AvgIpc) is 2.75. The fourth-order valence-corrected chi connectivity index (χ4v) is 4.34. The van der Waals surface area contributed by atoms with E-state index in [0.717, 1.165) is 48.7 Å². The number of fused-ring (bicyclic) bond motifs is 1. The van der Waals surface area contributed by atoms with Crippen LogP contribution in [0.25, 0.3) is 10.9 Å². The van der Waals surface area contributed by atoms with Crippen molar-refractivity contribution in [1.82, 2.24) is 4.98 Å². The van der Waals surface area contributed by atoms with Gasteiger partial charge in [0.2, 0.25) is 0 Å². The van der Waals surface area contributed by atoms with Gasteiger partial charge in [-0.05, 0) is 56.5 Å². The number of pyridine rings is 1. The summed E-state index contributed by atoms with van der Waals surface area (Å²) in [6, 6.07) is 8.69. The van der Waals surface area contributed by atoms with Gasteiger partial charge >= 0.3 is 6.61 Å². The summed E-state index contributed by atoms with van der Waals surface area (Å²) in [4.78, 5) is 20.3. The van der Waals surface area contributed by atoms with E-state index < -0.39 is 18.3 Å². The molecule has 1 amide bonds. The Kier molecular flexibility index (Phi) is 6.55. The van der Waals surface area contributed by atoms with Crippen LogP contribution < -0.4 is 15.0 Å². The maximum atomic E-state index is 14.5. The minimum atomic E-state index is -3.06. The number of halogens is 4. The van der Waals surface area contributed by atoms with Gasteiger partial charge in [0.15, 0.2) is 0 Å². The molecule has 1 fully saturated rings. The highest BCUT2D eigenvalue weighted by Crippen LogP contribution is 2.32. The fourth-order valence-electron chi connectivity index (χ4n) is 3.98. The van der Waals surface area contributed by atoms with Crippen molar-refractivity contribution < 1.29 is 22.7 Å². The lowest BCUT2D eigenvalue weighted by atomic mass is 10.0. The van der Waals surface area contributed by atoms with E-state index in [1.807, 2.05) is 19.1 Å². The van der Waals surface area contributed by atoms with E-state index in [0.29, 0.717) is 22.0 Å². The SMILES string of the molecule is Cc1c(N2CCCCC2)nc2ccc(Br)cc2c1C(=O)Nc1ccc(OC(F)F)cc1F. The summed E-state index contributed by atoms with van der Waals surface area (Å²) in [5.41, 5.74) is 1.62. The van der Waals surface area contributed by atoms with E-state index in [1.165, 1.54) is 12.1 Å². The number of anilines is 2. The highest BCUT2D eigenvalue weighted by molar-refractivity contribution is 9.10. The number of rotatable bonds is 5. The van der Waals surface area contributed by atoms with Gasteiger partial charge in [0.05, 0.1) is 16.8 Å². The average molecular weight is 508 g/mol. The van der Waals surface area contributed by atoms with Crippen LogP contribution in [0.5, 0.6) is 5.75 Å². The number of ether oxygens (including phenoxy) is 1. The van der Waals surface area contributed by atoms with Crippen molar-refractivity contribution in [3.8, 4) is 5.75 Å². The molecule has 1 N–H and O–H groups in total. The Balaban J connectivity index is 1.74. The number of piperidine rings is 1. The summed E-state index contributed by atoms with van der Waals surface area (Å²) in [7, 11) is 0. The minimum Gasteiger partial charge on any atom is -0.435 e. The van der Waals surface area contributed by atoms with Gasteiger partial charge in [0, 0.05) is 34.6 Å². The molecular formula is C23H21BrF3N3O2. The summed E-state index contributed by atoms with van der Waals surface area (Å²) in [5.74, 6) is -0.958. The van der Waals surface area contributed by atoms with Gasteiger partial charge in [0.25, 0.3) is 5.91 Å². The van der Waals surface area contributed by atoms with Gasteiger partial charge in [-0.15, -0.1) is 0 Å². The highest BCUT2D eigenvalue weighted by Gasteiger charge is 2.23. The van der Waals surface area contributed by atoms with Gasteiger partial charge < -0.3 is 15.0 Å². The fraction of sp³-hybridized carbons (Fsp3) is 0.304. The largest absolute Gasteiger partial charge is 0.435 e. The molecule has 1 aromatic heterocycles. The molecule has 3 aromatic rings. The molecule has 168 valence electrons. The third-order valence-electron chi connectivity index (χ3n) is 5.46. The normalized spacial score (nSPS) is 14.1. The molecule has 0 saturated carbocycles. The maximum Gasteiger partial charge on any atom is 0.387 e. The molecule has 2 aromatic carbocycles. The third-order valence-corrected chi connectivity index (χ3v) is 5.95. The Morgan fingerprint density at radius 2 is 1.91 bits per heavy atom. The second-order valence-corrected chi connectivity index (χ2v) is 8.53. The second-order valence-electron chi connectivity index (χ2n) is 7.62. The molecule has 1 saturated heterocycles. The number of nitrogens with one attached hydrogen (secondary N) is 1. The standard InChI is InChI=1S/C23H21BrF3N3O2/c1-13-20(22(31)29-19-8-6-15(12-17(19)25)32-23(26)27)16-11-14(24)5-7-18(16)28-21(13)30-9-3-2-4-10-30/h5-8,11-12,23H,2-4,9-10H2,1H3,(H,29,31). The van der Waals surface area contributed by atoms with Crippen LogP contribution in [0.3, 0.4) is 0 Å². The molecule has 0 bridgehead atoms. The maximum absolute atomic E-state index is 14.5. The molecule has 32 heavy (non-hydrogen) atoms. The lowest BCUT2D eigenvalue weighted by Crippen LogP contribution is -2.31. The number of carbonyl (C=O) groups is 1. The number of nitrogens with zero attached hydrogens (tertiary/aromatic N) is 2. The van der Waals surface area contributed by atoms with Gasteiger partial charge in [-0.1, -0.05) is 15.9 Å². The minimum absolute atomic E-state index is 0.129. The zero-order valence-corrected chi connectivity index (χ0v) is 18.9. The number of carbonyl (C=O) groups excluding carboxylic acids is 1. The predicted octanol–water partition coefficient (Wildman–Crippen LogP) is 6.29.